The van der Waals surface area contributed by atoms with Gasteiger partial charge in [0.25, 0.3) is 0 Å². The van der Waals surface area contributed by atoms with E-state index in [1.165, 1.54) is 0 Å². The Bertz CT molecular complexity index is 255. The highest BCUT2D eigenvalue weighted by molar-refractivity contribution is 5.90. The van der Waals surface area contributed by atoms with Gasteiger partial charge in [0.15, 0.2) is 0 Å². The topological polar surface area (TPSA) is 58.2 Å². The zero-order valence-electron chi connectivity index (χ0n) is 9.18. The van der Waals surface area contributed by atoms with Crippen molar-refractivity contribution in [1.82, 2.24) is 10.6 Å². The zero-order chi connectivity index (χ0) is 10.9. The number of carbonyl (C=O) groups excluding carboxylic acids is 2. The molecule has 1 fully saturated rings. The number of hydrogen-bond acceptors (Lipinski definition) is 2. The van der Waals surface area contributed by atoms with E-state index >= 15 is 0 Å². The Labute approximate surface area is 84.4 Å². The number of rotatable bonds is 0. The van der Waals surface area contributed by atoms with Gasteiger partial charge in [-0.25, -0.2) is 0 Å². The van der Waals surface area contributed by atoms with Crippen LogP contribution in [-0.2, 0) is 9.59 Å². The summed E-state index contributed by atoms with van der Waals surface area (Å²) in [5.41, 5.74) is -0.246. The summed E-state index contributed by atoms with van der Waals surface area (Å²) < 4.78 is 0. The smallest absolute Gasteiger partial charge is 0.243 e. The first kappa shape index (κ1) is 11.0. The Kier molecular flexibility index (Phi) is 2.83. The third-order valence-corrected chi connectivity index (χ3v) is 2.31. The molecule has 1 heterocycles. The van der Waals surface area contributed by atoms with Crippen molar-refractivity contribution in [3.05, 3.63) is 0 Å². The van der Waals surface area contributed by atoms with Crippen LogP contribution in [-0.4, -0.2) is 23.9 Å². The van der Waals surface area contributed by atoms with Crippen LogP contribution in [0.5, 0.6) is 0 Å². The molecule has 0 bridgehead atoms. The predicted molar refractivity (Wildman–Crippen MR) is 53.6 cm³/mol. The first-order valence-corrected chi connectivity index (χ1v) is 4.90. The van der Waals surface area contributed by atoms with Gasteiger partial charge in [-0.05, 0) is 12.3 Å². The maximum atomic E-state index is 11.7. The highest BCUT2D eigenvalue weighted by Crippen LogP contribution is 2.21. The second kappa shape index (κ2) is 3.59. The van der Waals surface area contributed by atoms with Crippen LogP contribution in [0.3, 0.4) is 0 Å². The lowest BCUT2D eigenvalue weighted by Gasteiger charge is -2.28. The van der Waals surface area contributed by atoms with E-state index in [9.17, 15) is 9.59 Å². The van der Waals surface area contributed by atoms with Crippen molar-refractivity contribution < 1.29 is 9.59 Å². The molecule has 1 aliphatic heterocycles. The van der Waals surface area contributed by atoms with Crippen molar-refractivity contribution in [1.29, 1.82) is 0 Å². The molecule has 0 aromatic carbocycles. The van der Waals surface area contributed by atoms with Gasteiger partial charge in [0.2, 0.25) is 11.8 Å². The van der Waals surface area contributed by atoms with E-state index in [1.807, 2.05) is 27.7 Å². The Morgan fingerprint density at radius 1 is 1.21 bits per heavy atom. The third-order valence-electron chi connectivity index (χ3n) is 2.31. The van der Waals surface area contributed by atoms with Gasteiger partial charge in [-0.15, -0.1) is 0 Å². The van der Waals surface area contributed by atoms with Gasteiger partial charge in [-0.1, -0.05) is 20.8 Å². The molecule has 80 valence electrons. The number of nitrogens with one attached hydrogen (secondary N) is 2. The van der Waals surface area contributed by atoms with Crippen molar-refractivity contribution in [3.63, 3.8) is 0 Å². The summed E-state index contributed by atoms with van der Waals surface area (Å²) in [6.07, 6.45) is 0.359. The molecule has 2 atom stereocenters. The lowest BCUT2D eigenvalue weighted by atomic mass is 9.86. The number of hydrogen-bond donors (Lipinski definition) is 2. The standard InChI is InChI=1S/C10H18N2O2/c1-6-5-7(13)12-8(9(14)11-6)10(2,3)4/h6,8H,5H2,1-4H3,(H,11,14)(H,12,13). The maximum Gasteiger partial charge on any atom is 0.243 e. The zero-order valence-corrected chi connectivity index (χ0v) is 9.18. The molecular weight excluding hydrogens is 180 g/mol. The Morgan fingerprint density at radius 3 is 2.29 bits per heavy atom. The molecule has 4 heteroatoms. The van der Waals surface area contributed by atoms with Crippen LogP contribution >= 0.6 is 0 Å². The summed E-state index contributed by atoms with van der Waals surface area (Å²) in [5.74, 6) is -0.147. The molecule has 2 amide bonds. The summed E-state index contributed by atoms with van der Waals surface area (Å²) >= 11 is 0. The average Bonchev–Trinajstić information content (AvgIpc) is 2.07. The molecule has 0 spiro atoms. The monoisotopic (exact) mass is 198 g/mol. The fourth-order valence-electron chi connectivity index (χ4n) is 1.55. The van der Waals surface area contributed by atoms with Crippen LogP contribution in [0.4, 0.5) is 0 Å². The van der Waals surface area contributed by atoms with E-state index in [-0.39, 0.29) is 23.3 Å². The molecule has 14 heavy (non-hydrogen) atoms. The molecule has 0 aliphatic carbocycles. The molecule has 2 N–H and O–H groups in total. The van der Waals surface area contributed by atoms with Crippen LogP contribution in [0.15, 0.2) is 0 Å². The van der Waals surface area contributed by atoms with Crippen LogP contribution < -0.4 is 10.6 Å². The first-order valence-electron chi connectivity index (χ1n) is 4.90. The van der Waals surface area contributed by atoms with Crippen molar-refractivity contribution in [2.24, 2.45) is 5.41 Å². The third kappa shape index (κ3) is 2.47. The van der Waals surface area contributed by atoms with Crippen LogP contribution in [0.2, 0.25) is 0 Å². The molecular formula is C10H18N2O2. The summed E-state index contributed by atoms with van der Waals surface area (Å²) in [7, 11) is 0. The van der Waals surface area contributed by atoms with Gasteiger partial charge < -0.3 is 10.6 Å². The van der Waals surface area contributed by atoms with Gasteiger partial charge in [0, 0.05) is 12.5 Å². The van der Waals surface area contributed by atoms with Gasteiger partial charge in [-0.2, -0.15) is 0 Å². The SMILES string of the molecule is CC1CC(=O)NC(C(C)(C)C)C(=O)N1. The van der Waals surface area contributed by atoms with E-state index in [4.69, 9.17) is 0 Å². The summed E-state index contributed by atoms with van der Waals surface area (Å²) in [6, 6.07) is -0.505. The number of carbonyl (C=O) groups is 2. The maximum absolute atomic E-state index is 11.7. The molecule has 0 radical (unpaired) electrons. The molecule has 1 rings (SSSR count). The van der Waals surface area contributed by atoms with E-state index in [2.05, 4.69) is 10.6 Å². The fraction of sp³-hybridized carbons (Fsp3) is 0.800. The van der Waals surface area contributed by atoms with E-state index < -0.39 is 6.04 Å². The largest absolute Gasteiger partial charge is 0.351 e. The fourth-order valence-corrected chi connectivity index (χ4v) is 1.55. The Balaban J connectivity index is 2.85. The quantitative estimate of drug-likeness (QED) is 0.593. The van der Waals surface area contributed by atoms with Crippen molar-refractivity contribution in [2.75, 3.05) is 0 Å². The summed E-state index contributed by atoms with van der Waals surface area (Å²) in [4.78, 5) is 23.1. The van der Waals surface area contributed by atoms with E-state index in [0.717, 1.165) is 0 Å². The average molecular weight is 198 g/mol. The van der Waals surface area contributed by atoms with E-state index in [0.29, 0.717) is 6.42 Å². The lowest BCUT2D eigenvalue weighted by molar-refractivity contribution is -0.129. The van der Waals surface area contributed by atoms with Crippen molar-refractivity contribution in [3.8, 4) is 0 Å². The van der Waals surface area contributed by atoms with Crippen molar-refractivity contribution >= 4 is 11.8 Å². The van der Waals surface area contributed by atoms with Gasteiger partial charge in [-0.3, -0.25) is 9.59 Å². The second-order valence-corrected chi connectivity index (χ2v) is 4.98. The molecule has 1 aliphatic rings. The molecule has 0 aromatic heterocycles. The van der Waals surface area contributed by atoms with Gasteiger partial charge >= 0.3 is 0 Å². The number of amides is 2. The molecule has 0 saturated carbocycles. The summed E-state index contributed by atoms with van der Waals surface area (Å²) in [6.45, 7) is 7.65. The van der Waals surface area contributed by atoms with Crippen LogP contribution in [0.1, 0.15) is 34.1 Å². The predicted octanol–water partition coefficient (Wildman–Crippen LogP) is 0.426. The Hall–Kier alpha value is -1.06. The minimum atomic E-state index is -0.431. The normalized spacial score (nSPS) is 29.1. The molecule has 2 unspecified atom stereocenters. The lowest BCUT2D eigenvalue weighted by Crippen LogP contribution is -2.51. The summed E-state index contributed by atoms with van der Waals surface area (Å²) in [5, 5.41) is 5.55. The molecule has 1 saturated heterocycles. The minimum absolute atomic E-state index is 0.0595. The molecule has 4 nitrogen and oxygen atoms in total. The highest BCUT2D eigenvalue weighted by Gasteiger charge is 2.35. The minimum Gasteiger partial charge on any atom is -0.351 e. The van der Waals surface area contributed by atoms with Crippen LogP contribution in [0.25, 0.3) is 0 Å². The Morgan fingerprint density at radius 2 is 1.79 bits per heavy atom. The highest BCUT2D eigenvalue weighted by atomic mass is 16.2. The second-order valence-electron chi connectivity index (χ2n) is 4.98. The van der Waals surface area contributed by atoms with Gasteiger partial charge in [0.1, 0.15) is 6.04 Å². The van der Waals surface area contributed by atoms with Gasteiger partial charge in [0.05, 0.1) is 0 Å². The van der Waals surface area contributed by atoms with E-state index in [1.54, 1.807) is 0 Å². The van der Waals surface area contributed by atoms with Crippen LogP contribution in [0, 0.1) is 5.41 Å². The molecule has 0 aromatic rings. The first-order chi connectivity index (χ1) is 6.30. The van der Waals surface area contributed by atoms with Crippen molar-refractivity contribution in [2.45, 2.75) is 46.2 Å².